The summed E-state index contributed by atoms with van der Waals surface area (Å²) >= 11 is 12.3. The molecule has 0 atom stereocenters. The van der Waals surface area contributed by atoms with E-state index in [0.717, 1.165) is 33.4 Å². The quantitative estimate of drug-likeness (QED) is 0.323. The maximum Gasteiger partial charge on any atom is 0.0735 e. The lowest BCUT2D eigenvalue weighted by molar-refractivity contribution is 0.107. The summed E-state index contributed by atoms with van der Waals surface area (Å²) < 4.78 is 6.03. The third-order valence-corrected chi connectivity index (χ3v) is 5.30. The molecule has 4 aromatic rings. The van der Waals surface area contributed by atoms with Gasteiger partial charge in [0.25, 0.3) is 0 Å². The molecule has 2 nitrogen and oxygen atoms in total. The number of hydrogen-bond donors (Lipinski definition) is 0. The molecule has 4 rings (SSSR count). The van der Waals surface area contributed by atoms with Gasteiger partial charge in [-0.2, -0.15) is 0 Å². The van der Waals surface area contributed by atoms with Gasteiger partial charge in [-0.05, 0) is 46.0 Å². The number of pyridine rings is 1. The Kier molecular flexibility index (Phi) is 6.26. The SMILES string of the molecule is Clc1ccc(COCc2cccc(-c3ccccc3)c2-c2cccnc2)c(Cl)c1. The second-order valence-corrected chi connectivity index (χ2v) is 7.52. The highest BCUT2D eigenvalue weighted by Crippen LogP contribution is 2.35. The Labute approximate surface area is 180 Å². The molecule has 0 bridgehead atoms. The predicted octanol–water partition coefficient (Wildman–Crippen LogP) is 7.44. The maximum absolute atomic E-state index is 6.27. The van der Waals surface area contributed by atoms with Crippen molar-refractivity contribution in [3.05, 3.63) is 112 Å². The Bertz CT molecular complexity index is 1100. The molecule has 0 unspecified atom stereocenters. The molecule has 0 amide bonds. The van der Waals surface area contributed by atoms with Crippen LogP contribution in [0, 0.1) is 0 Å². The molecule has 0 N–H and O–H groups in total. The first kappa shape index (κ1) is 19.7. The highest BCUT2D eigenvalue weighted by molar-refractivity contribution is 6.35. The highest BCUT2D eigenvalue weighted by atomic mass is 35.5. The van der Waals surface area contributed by atoms with Crippen LogP contribution in [0.25, 0.3) is 22.3 Å². The van der Waals surface area contributed by atoms with Crippen molar-refractivity contribution in [1.29, 1.82) is 0 Å². The summed E-state index contributed by atoms with van der Waals surface area (Å²) in [5, 5.41) is 1.23. The van der Waals surface area contributed by atoms with Gasteiger partial charge in [0.2, 0.25) is 0 Å². The minimum Gasteiger partial charge on any atom is -0.372 e. The van der Waals surface area contributed by atoms with Crippen LogP contribution >= 0.6 is 23.2 Å². The molecule has 0 spiro atoms. The van der Waals surface area contributed by atoms with Crippen LogP contribution in [0.3, 0.4) is 0 Å². The van der Waals surface area contributed by atoms with E-state index in [2.05, 4.69) is 41.4 Å². The monoisotopic (exact) mass is 419 g/mol. The van der Waals surface area contributed by atoms with E-state index in [0.29, 0.717) is 23.3 Å². The van der Waals surface area contributed by atoms with Gasteiger partial charge in [-0.25, -0.2) is 0 Å². The van der Waals surface area contributed by atoms with Crippen molar-refractivity contribution >= 4 is 23.2 Å². The van der Waals surface area contributed by atoms with Gasteiger partial charge < -0.3 is 4.74 Å². The number of nitrogens with zero attached hydrogens (tertiary/aromatic N) is 1. The summed E-state index contributed by atoms with van der Waals surface area (Å²) in [6.45, 7) is 0.877. The minimum absolute atomic E-state index is 0.415. The molecule has 0 fully saturated rings. The second-order valence-electron chi connectivity index (χ2n) is 6.68. The number of hydrogen-bond acceptors (Lipinski definition) is 2. The third kappa shape index (κ3) is 4.68. The molecule has 0 aliphatic rings. The summed E-state index contributed by atoms with van der Waals surface area (Å²) in [6.07, 6.45) is 3.68. The van der Waals surface area contributed by atoms with Crippen molar-refractivity contribution in [3.8, 4) is 22.3 Å². The number of benzene rings is 3. The maximum atomic E-state index is 6.27. The van der Waals surface area contributed by atoms with E-state index in [1.807, 2.05) is 42.6 Å². The lowest BCUT2D eigenvalue weighted by atomic mass is 9.91. The van der Waals surface area contributed by atoms with E-state index in [4.69, 9.17) is 27.9 Å². The highest BCUT2D eigenvalue weighted by Gasteiger charge is 2.13. The lowest BCUT2D eigenvalue weighted by Gasteiger charge is -2.16. The van der Waals surface area contributed by atoms with Crippen molar-refractivity contribution in [2.24, 2.45) is 0 Å². The molecule has 1 heterocycles. The summed E-state index contributed by atoms with van der Waals surface area (Å²) in [6, 6.07) is 26.1. The zero-order valence-electron chi connectivity index (χ0n) is 15.7. The fraction of sp³-hybridized carbons (Fsp3) is 0.0800. The summed E-state index contributed by atoms with van der Waals surface area (Å²) in [5.41, 5.74) is 6.53. The molecular weight excluding hydrogens is 401 g/mol. The van der Waals surface area contributed by atoms with Gasteiger partial charge in [0.05, 0.1) is 13.2 Å². The van der Waals surface area contributed by atoms with Gasteiger partial charge in [-0.3, -0.25) is 4.98 Å². The van der Waals surface area contributed by atoms with Crippen LogP contribution in [0.4, 0.5) is 0 Å². The molecule has 144 valence electrons. The van der Waals surface area contributed by atoms with Crippen LogP contribution in [0.2, 0.25) is 10.0 Å². The van der Waals surface area contributed by atoms with Crippen LogP contribution in [0.15, 0.2) is 91.3 Å². The first-order valence-electron chi connectivity index (χ1n) is 9.32. The second kappa shape index (κ2) is 9.23. The van der Waals surface area contributed by atoms with Crippen LogP contribution < -0.4 is 0 Å². The Morgan fingerprint density at radius 2 is 1.52 bits per heavy atom. The molecule has 0 saturated heterocycles. The first-order chi connectivity index (χ1) is 14.2. The van der Waals surface area contributed by atoms with E-state index in [1.54, 1.807) is 12.3 Å². The van der Waals surface area contributed by atoms with Crippen molar-refractivity contribution in [2.75, 3.05) is 0 Å². The fourth-order valence-corrected chi connectivity index (χ4v) is 3.80. The summed E-state index contributed by atoms with van der Waals surface area (Å²) in [4.78, 5) is 4.31. The Morgan fingerprint density at radius 3 is 2.28 bits per heavy atom. The molecule has 0 radical (unpaired) electrons. The fourth-order valence-electron chi connectivity index (χ4n) is 3.34. The van der Waals surface area contributed by atoms with Crippen molar-refractivity contribution in [1.82, 2.24) is 4.98 Å². The van der Waals surface area contributed by atoms with E-state index in [1.165, 1.54) is 0 Å². The zero-order valence-corrected chi connectivity index (χ0v) is 17.2. The number of aromatic nitrogens is 1. The van der Waals surface area contributed by atoms with Gasteiger partial charge in [0.15, 0.2) is 0 Å². The van der Waals surface area contributed by atoms with Crippen LogP contribution in [-0.2, 0) is 18.0 Å². The third-order valence-electron chi connectivity index (χ3n) is 4.72. The van der Waals surface area contributed by atoms with Gasteiger partial charge in [-0.15, -0.1) is 0 Å². The first-order valence-corrected chi connectivity index (χ1v) is 10.1. The largest absolute Gasteiger partial charge is 0.372 e. The molecule has 0 saturated carbocycles. The normalized spacial score (nSPS) is 10.8. The summed E-state index contributed by atoms with van der Waals surface area (Å²) in [5.74, 6) is 0. The van der Waals surface area contributed by atoms with E-state index >= 15 is 0 Å². The van der Waals surface area contributed by atoms with E-state index in [9.17, 15) is 0 Å². The van der Waals surface area contributed by atoms with Crippen molar-refractivity contribution in [3.63, 3.8) is 0 Å². The molecular formula is C25H19Cl2NO. The topological polar surface area (TPSA) is 22.1 Å². The van der Waals surface area contributed by atoms with Crippen LogP contribution in [0.5, 0.6) is 0 Å². The van der Waals surface area contributed by atoms with Gasteiger partial charge >= 0.3 is 0 Å². The van der Waals surface area contributed by atoms with Gasteiger partial charge in [-0.1, -0.05) is 83.9 Å². The Morgan fingerprint density at radius 1 is 0.724 bits per heavy atom. The number of rotatable bonds is 6. The smallest absolute Gasteiger partial charge is 0.0735 e. The average Bonchev–Trinajstić information content (AvgIpc) is 2.76. The molecule has 0 aliphatic carbocycles. The van der Waals surface area contributed by atoms with Crippen molar-refractivity contribution in [2.45, 2.75) is 13.2 Å². The summed E-state index contributed by atoms with van der Waals surface area (Å²) in [7, 11) is 0. The Hall–Kier alpha value is -2.65. The van der Waals surface area contributed by atoms with Crippen molar-refractivity contribution < 1.29 is 4.74 Å². The van der Waals surface area contributed by atoms with Gasteiger partial charge in [0, 0.05) is 28.0 Å². The van der Waals surface area contributed by atoms with Crippen LogP contribution in [0.1, 0.15) is 11.1 Å². The molecule has 3 aromatic carbocycles. The predicted molar refractivity (Wildman–Crippen MR) is 120 cm³/mol. The standard InChI is InChI=1S/C25H19Cl2NO/c26-22-12-11-20(24(27)14-22)16-29-17-21-8-4-10-23(18-6-2-1-3-7-18)25(21)19-9-5-13-28-15-19/h1-15H,16-17H2. The molecule has 0 aliphatic heterocycles. The molecule has 1 aromatic heterocycles. The lowest BCUT2D eigenvalue weighted by Crippen LogP contribution is -1.99. The molecule has 4 heteroatoms. The Balaban J connectivity index is 1.66. The average molecular weight is 420 g/mol. The van der Waals surface area contributed by atoms with E-state index in [-0.39, 0.29) is 0 Å². The van der Waals surface area contributed by atoms with E-state index < -0.39 is 0 Å². The van der Waals surface area contributed by atoms with Gasteiger partial charge in [0.1, 0.15) is 0 Å². The van der Waals surface area contributed by atoms with Crippen LogP contribution in [-0.4, -0.2) is 4.98 Å². The number of halogens is 2. The number of ether oxygens (including phenoxy) is 1. The minimum atomic E-state index is 0.415. The zero-order chi connectivity index (χ0) is 20.1. The molecule has 29 heavy (non-hydrogen) atoms.